The van der Waals surface area contributed by atoms with Crippen molar-refractivity contribution in [2.24, 2.45) is 0 Å². The van der Waals surface area contributed by atoms with Crippen LogP contribution < -0.4 is 5.32 Å². The van der Waals surface area contributed by atoms with Gasteiger partial charge in [-0.3, -0.25) is 0 Å². The molecule has 1 aromatic heterocycles. The van der Waals surface area contributed by atoms with Crippen LogP contribution in [0.5, 0.6) is 0 Å². The third-order valence-electron chi connectivity index (χ3n) is 3.30. The van der Waals surface area contributed by atoms with Gasteiger partial charge in [-0.1, -0.05) is 37.6 Å². The molecule has 0 fully saturated rings. The van der Waals surface area contributed by atoms with E-state index in [1.165, 1.54) is 36.0 Å². The van der Waals surface area contributed by atoms with E-state index < -0.39 is 0 Å². The second-order valence-electron chi connectivity index (χ2n) is 4.62. The molecule has 1 heterocycles. The number of unbranched alkanes of at least 4 members (excludes halogenated alkanes) is 1. The Bertz CT molecular complexity index is 444. The summed E-state index contributed by atoms with van der Waals surface area (Å²) in [6, 6.07) is 11.5. The van der Waals surface area contributed by atoms with Crippen molar-refractivity contribution >= 4 is 11.3 Å². The van der Waals surface area contributed by atoms with Crippen LogP contribution in [0.4, 0.5) is 0 Å². The van der Waals surface area contributed by atoms with Crippen molar-refractivity contribution in [2.45, 2.75) is 32.2 Å². The predicted octanol–water partition coefficient (Wildman–Crippen LogP) is 4.40. The Balaban J connectivity index is 2.12. The summed E-state index contributed by atoms with van der Waals surface area (Å²) < 4.78 is 0. The normalized spacial score (nSPS) is 12.6. The fourth-order valence-electron chi connectivity index (χ4n) is 2.22. The molecule has 1 unspecified atom stereocenters. The van der Waals surface area contributed by atoms with Gasteiger partial charge in [0.05, 0.1) is 6.04 Å². The average Bonchev–Trinajstić information content (AvgIpc) is 2.93. The highest BCUT2D eigenvalue weighted by atomic mass is 32.1. The first-order valence-electron chi connectivity index (χ1n) is 6.63. The fraction of sp³-hybridized carbons (Fsp3) is 0.375. The van der Waals surface area contributed by atoms with Gasteiger partial charge in [0.15, 0.2) is 0 Å². The van der Waals surface area contributed by atoms with Gasteiger partial charge < -0.3 is 5.32 Å². The summed E-state index contributed by atoms with van der Waals surface area (Å²) in [5, 5.41) is 7.74. The van der Waals surface area contributed by atoms with E-state index in [0.29, 0.717) is 6.04 Å². The summed E-state index contributed by atoms with van der Waals surface area (Å²) in [7, 11) is 2.02. The van der Waals surface area contributed by atoms with E-state index in [2.05, 4.69) is 53.3 Å². The first-order valence-corrected chi connectivity index (χ1v) is 7.57. The summed E-state index contributed by atoms with van der Waals surface area (Å²) in [6.07, 6.45) is 3.73. The van der Waals surface area contributed by atoms with Crippen LogP contribution in [0, 0.1) is 0 Å². The van der Waals surface area contributed by atoms with Crippen molar-refractivity contribution in [1.29, 1.82) is 0 Å². The quantitative estimate of drug-likeness (QED) is 0.811. The highest BCUT2D eigenvalue weighted by Gasteiger charge is 2.11. The van der Waals surface area contributed by atoms with E-state index in [1.807, 2.05) is 7.05 Å². The number of nitrogens with one attached hydrogen (secondary N) is 1. The zero-order valence-corrected chi connectivity index (χ0v) is 12.0. The Labute approximate surface area is 114 Å². The molecule has 0 aliphatic carbocycles. The Morgan fingerprint density at radius 1 is 1.11 bits per heavy atom. The highest BCUT2D eigenvalue weighted by molar-refractivity contribution is 7.08. The Morgan fingerprint density at radius 3 is 2.44 bits per heavy atom. The van der Waals surface area contributed by atoms with Gasteiger partial charge in [-0.2, -0.15) is 11.3 Å². The van der Waals surface area contributed by atoms with Gasteiger partial charge in [-0.15, -0.1) is 0 Å². The van der Waals surface area contributed by atoms with Gasteiger partial charge in [0, 0.05) is 0 Å². The lowest BCUT2D eigenvalue weighted by atomic mass is 9.99. The summed E-state index contributed by atoms with van der Waals surface area (Å²) in [5.74, 6) is 0. The van der Waals surface area contributed by atoms with Crippen LogP contribution in [0.1, 0.15) is 42.5 Å². The maximum atomic E-state index is 3.39. The molecule has 0 amide bonds. The molecule has 0 spiro atoms. The number of aryl methyl sites for hydroxylation is 1. The number of hydrogen-bond acceptors (Lipinski definition) is 2. The molecular formula is C16H21NS. The minimum atomic E-state index is 0.316. The molecule has 0 radical (unpaired) electrons. The number of thiophene rings is 1. The molecule has 0 aliphatic heterocycles. The molecule has 2 heteroatoms. The van der Waals surface area contributed by atoms with Gasteiger partial charge in [-0.05, 0) is 53.4 Å². The molecule has 0 saturated heterocycles. The van der Waals surface area contributed by atoms with Crippen LogP contribution in [-0.2, 0) is 6.42 Å². The summed E-state index contributed by atoms with van der Waals surface area (Å²) >= 11 is 1.75. The lowest BCUT2D eigenvalue weighted by Crippen LogP contribution is -2.16. The highest BCUT2D eigenvalue weighted by Crippen LogP contribution is 2.24. The van der Waals surface area contributed by atoms with Crippen LogP contribution in [0.15, 0.2) is 41.1 Å². The Morgan fingerprint density at radius 2 is 1.89 bits per heavy atom. The van der Waals surface area contributed by atoms with Gasteiger partial charge in [0.2, 0.25) is 0 Å². The molecule has 0 bridgehead atoms. The molecule has 2 rings (SSSR count). The standard InChI is InChI=1S/C16H21NS/c1-3-4-5-13-6-8-14(9-7-13)16(17-2)15-10-11-18-12-15/h6-12,16-17H,3-5H2,1-2H3. The van der Waals surface area contributed by atoms with Crippen LogP contribution >= 0.6 is 11.3 Å². The SMILES string of the molecule is CCCCc1ccc(C(NC)c2ccsc2)cc1. The van der Waals surface area contributed by atoms with E-state index in [-0.39, 0.29) is 0 Å². The maximum absolute atomic E-state index is 3.39. The van der Waals surface area contributed by atoms with Crippen LogP contribution in [0.3, 0.4) is 0 Å². The molecule has 0 aliphatic rings. The maximum Gasteiger partial charge on any atom is 0.0582 e. The molecule has 0 saturated carbocycles. The zero-order chi connectivity index (χ0) is 12.8. The van der Waals surface area contributed by atoms with Crippen molar-refractivity contribution in [3.05, 3.63) is 57.8 Å². The van der Waals surface area contributed by atoms with Gasteiger partial charge in [-0.25, -0.2) is 0 Å². The van der Waals surface area contributed by atoms with Gasteiger partial charge in [0.1, 0.15) is 0 Å². The smallest absolute Gasteiger partial charge is 0.0582 e. The lowest BCUT2D eigenvalue weighted by Gasteiger charge is -2.16. The number of benzene rings is 1. The van der Waals surface area contributed by atoms with Crippen molar-refractivity contribution < 1.29 is 0 Å². The molecule has 1 atom stereocenters. The Kier molecular flexibility index (Phi) is 4.97. The molecule has 1 aromatic carbocycles. The Hall–Kier alpha value is -1.12. The summed E-state index contributed by atoms with van der Waals surface area (Å²) in [6.45, 7) is 2.24. The second kappa shape index (κ2) is 6.72. The topological polar surface area (TPSA) is 12.0 Å². The van der Waals surface area contributed by atoms with E-state index in [9.17, 15) is 0 Å². The predicted molar refractivity (Wildman–Crippen MR) is 80.3 cm³/mol. The van der Waals surface area contributed by atoms with Crippen molar-refractivity contribution in [1.82, 2.24) is 5.32 Å². The van der Waals surface area contributed by atoms with E-state index in [1.54, 1.807) is 11.3 Å². The van der Waals surface area contributed by atoms with E-state index in [0.717, 1.165) is 0 Å². The average molecular weight is 259 g/mol. The fourth-order valence-corrected chi connectivity index (χ4v) is 2.91. The summed E-state index contributed by atoms with van der Waals surface area (Å²) in [5.41, 5.74) is 4.14. The van der Waals surface area contributed by atoms with Crippen LogP contribution in [-0.4, -0.2) is 7.05 Å². The van der Waals surface area contributed by atoms with Crippen molar-refractivity contribution in [2.75, 3.05) is 7.05 Å². The van der Waals surface area contributed by atoms with Gasteiger partial charge >= 0.3 is 0 Å². The minimum absolute atomic E-state index is 0.316. The number of hydrogen-bond donors (Lipinski definition) is 1. The molecular weight excluding hydrogens is 238 g/mol. The monoisotopic (exact) mass is 259 g/mol. The van der Waals surface area contributed by atoms with E-state index in [4.69, 9.17) is 0 Å². The third kappa shape index (κ3) is 3.21. The zero-order valence-electron chi connectivity index (χ0n) is 11.1. The lowest BCUT2D eigenvalue weighted by molar-refractivity contribution is 0.693. The van der Waals surface area contributed by atoms with Crippen molar-refractivity contribution in [3.8, 4) is 0 Å². The van der Waals surface area contributed by atoms with Crippen LogP contribution in [0.25, 0.3) is 0 Å². The first-order chi connectivity index (χ1) is 8.85. The third-order valence-corrected chi connectivity index (χ3v) is 4.00. The molecule has 1 N–H and O–H groups in total. The molecule has 96 valence electrons. The van der Waals surface area contributed by atoms with E-state index >= 15 is 0 Å². The first kappa shape index (κ1) is 13.3. The minimum Gasteiger partial charge on any atom is -0.309 e. The number of rotatable bonds is 6. The van der Waals surface area contributed by atoms with Crippen molar-refractivity contribution in [3.63, 3.8) is 0 Å². The van der Waals surface area contributed by atoms with Crippen LogP contribution in [0.2, 0.25) is 0 Å². The van der Waals surface area contributed by atoms with Gasteiger partial charge in [0.25, 0.3) is 0 Å². The molecule has 18 heavy (non-hydrogen) atoms. The summed E-state index contributed by atoms with van der Waals surface area (Å²) in [4.78, 5) is 0. The second-order valence-corrected chi connectivity index (χ2v) is 5.40. The molecule has 1 nitrogen and oxygen atoms in total. The molecule has 2 aromatic rings. The largest absolute Gasteiger partial charge is 0.309 e.